The Hall–Kier alpha value is -2.63. The number of rotatable bonds is 4. The highest BCUT2D eigenvalue weighted by atomic mass is 35.5. The van der Waals surface area contributed by atoms with Crippen LogP contribution in [0.3, 0.4) is 0 Å². The lowest BCUT2D eigenvalue weighted by molar-refractivity contribution is 0.102. The third-order valence-electron chi connectivity index (χ3n) is 6.36. The van der Waals surface area contributed by atoms with Crippen LogP contribution < -0.4 is 10.6 Å². The number of aryl methyl sites for hydroxylation is 1. The normalized spacial score (nSPS) is 15.6. The summed E-state index contributed by atoms with van der Waals surface area (Å²) >= 11 is 7.50. The maximum Gasteiger partial charge on any atom is 0.258 e. The summed E-state index contributed by atoms with van der Waals surface area (Å²) in [6.07, 6.45) is 2.79. The molecule has 172 valence electrons. The van der Waals surface area contributed by atoms with Gasteiger partial charge in [0, 0.05) is 21.2 Å². The Labute approximate surface area is 204 Å². The van der Waals surface area contributed by atoms with Crippen LogP contribution in [-0.4, -0.2) is 11.8 Å². The molecule has 2 amide bonds. The van der Waals surface area contributed by atoms with E-state index in [4.69, 9.17) is 11.6 Å². The van der Waals surface area contributed by atoms with Crippen LogP contribution in [0.15, 0.2) is 48.5 Å². The van der Waals surface area contributed by atoms with Crippen molar-refractivity contribution in [3.8, 4) is 0 Å². The predicted molar refractivity (Wildman–Crippen MR) is 138 cm³/mol. The van der Waals surface area contributed by atoms with Crippen molar-refractivity contribution in [2.45, 2.75) is 47.0 Å². The largest absolute Gasteiger partial charge is 0.322 e. The van der Waals surface area contributed by atoms with Gasteiger partial charge in [0.2, 0.25) is 0 Å². The third-order valence-corrected chi connectivity index (χ3v) is 7.78. The summed E-state index contributed by atoms with van der Waals surface area (Å²) in [5.41, 5.74) is 4.22. The van der Waals surface area contributed by atoms with Gasteiger partial charge in [-0.25, -0.2) is 0 Å². The molecule has 0 radical (unpaired) electrons. The molecule has 0 fully saturated rings. The van der Waals surface area contributed by atoms with E-state index in [1.165, 1.54) is 16.2 Å². The van der Waals surface area contributed by atoms with Crippen molar-refractivity contribution in [3.05, 3.63) is 80.7 Å². The van der Waals surface area contributed by atoms with Gasteiger partial charge in [0.1, 0.15) is 5.00 Å². The second-order valence-corrected chi connectivity index (χ2v) is 11.3. The molecule has 1 atom stereocenters. The summed E-state index contributed by atoms with van der Waals surface area (Å²) in [5.74, 6) is 0.107. The third kappa shape index (κ3) is 5.31. The van der Waals surface area contributed by atoms with Crippen LogP contribution in [0.1, 0.15) is 63.9 Å². The summed E-state index contributed by atoms with van der Waals surface area (Å²) in [7, 11) is 0. The van der Waals surface area contributed by atoms with Crippen LogP contribution in [0.4, 0.5) is 10.7 Å². The number of carbonyl (C=O) groups excluding carboxylic acids is 2. The van der Waals surface area contributed by atoms with Crippen molar-refractivity contribution in [3.63, 3.8) is 0 Å². The van der Waals surface area contributed by atoms with Crippen LogP contribution in [0.2, 0.25) is 5.02 Å². The molecule has 0 saturated heterocycles. The van der Waals surface area contributed by atoms with Crippen LogP contribution in [0.5, 0.6) is 0 Å². The highest BCUT2D eigenvalue weighted by Gasteiger charge is 2.34. The molecule has 1 aliphatic rings. The zero-order chi connectivity index (χ0) is 23.8. The molecule has 6 heteroatoms. The minimum Gasteiger partial charge on any atom is -0.322 e. The lowest BCUT2D eigenvalue weighted by Crippen LogP contribution is -2.27. The van der Waals surface area contributed by atoms with Gasteiger partial charge in [0.15, 0.2) is 0 Å². The molecule has 2 N–H and O–H groups in total. The zero-order valence-corrected chi connectivity index (χ0v) is 21.0. The SMILES string of the molecule is Cc1ccc(NC(=O)c2c(NC(=O)c3ccc(Cl)cc3)sc3c2CCC(C(C)(C)C)C3)cc1. The predicted octanol–water partition coefficient (Wildman–Crippen LogP) is 7.37. The van der Waals surface area contributed by atoms with Crippen molar-refractivity contribution in [1.29, 1.82) is 0 Å². The first-order chi connectivity index (χ1) is 15.6. The number of halogens is 1. The quantitative estimate of drug-likeness (QED) is 0.409. The molecule has 33 heavy (non-hydrogen) atoms. The van der Waals surface area contributed by atoms with E-state index in [1.807, 2.05) is 31.2 Å². The number of hydrogen-bond donors (Lipinski definition) is 2. The number of anilines is 2. The molecule has 1 aromatic heterocycles. The smallest absolute Gasteiger partial charge is 0.258 e. The Morgan fingerprint density at radius 3 is 2.27 bits per heavy atom. The molecule has 0 bridgehead atoms. The van der Waals surface area contributed by atoms with Crippen molar-refractivity contribution < 1.29 is 9.59 Å². The van der Waals surface area contributed by atoms with Gasteiger partial charge in [-0.3, -0.25) is 9.59 Å². The monoisotopic (exact) mass is 480 g/mol. The fourth-order valence-electron chi connectivity index (χ4n) is 4.26. The molecule has 1 heterocycles. The molecule has 4 rings (SSSR count). The fourth-order valence-corrected chi connectivity index (χ4v) is 5.71. The summed E-state index contributed by atoms with van der Waals surface area (Å²) < 4.78 is 0. The van der Waals surface area contributed by atoms with Gasteiger partial charge in [0.25, 0.3) is 11.8 Å². The van der Waals surface area contributed by atoms with E-state index in [0.29, 0.717) is 27.1 Å². The van der Waals surface area contributed by atoms with Crippen LogP contribution in [-0.2, 0) is 12.8 Å². The second kappa shape index (κ2) is 9.32. The van der Waals surface area contributed by atoms with E-state index in [-0.39, 0.29) is 17.2 Å². The van der Waals surface area contributed by atoms with Crippen LogP contribution >= 0.6 is 22.9 Å². The average Bonchev–Trinajstić information content (AvgIpc) is 3.12. The van der Waals surface area contributed by atoms with Gasteiger partial charge in [-0.2, -0.15) is 0 Å². The van der Waals surface area contributed by atoms with Crippen molar-refractivity contribution in [2.24, 2.45) is 11.3 Å². The number of hydrogen-bond acceptors (Lipinski definition) is 3. The first kappa shape index (κ1) is 23.5. The highest BCUT2D eigenvalue weighted by molar-refractivity contribution is 7.17. The molecule has 1 unspecified atom stereocenters. The van der Waals surface area contributed by atoms with Gasteiger partial charge < -0.3 is 10.6 Å². The van der Waals surface area contributed by atoms with E-state index < -0.39 is 0 Å². The van der Waals surface area contributed by atoms with E-state index >= 15 is 0 Å². The maximum absolute atomic E-state index is 13.4. The number of nitrogens with one attached hydrogen (secondary N) is 2. The first-order valence-electron chi connectivity index (χ1n) is 11.2. The average molecular weight is 481 g/mol. The minimum atomic E-state index is -0.248. The standard InChI is InChI=1S/C27H29ClN2O2S/c1-16-5-12-20(13-6-16)29-25(32)23-21-14-9-18(27(2,3)4)15-22(21)33-26(23)30-24(31)17-7-10-19(28)11-8-17/h5-8,10-13,18H,9,14-15H2,1-4H3,(H,29,32)(H,30,31). The molecule has 2 aromatic carbocycles. The Morgan fingerprint density at radius 1 is 0.970 bits per heavy atom. The summed E-state index contributed by atoms with van der Waals surface area (Å²) in [6, 6.07) is 14.5. The number of benzene rings is 2. The Kier molecular flexibility index (Phi) is 6.64. The molecule has 0 saturated carbocycles. The van der Waals surface area contributed by atoms with Gasteiger partial charge in [-0.05, 0) is 79.5 Å². The molecule has 4 nitrogen and oxygen atoms in total. The van der Waals surface area contributed by atoms with Crippen LogP contribution in [0, 0.1) is 18.3 Å². The summed E-state index contributed by atoms with van der Waals surface area (Å²) in [6.45, 7) is 8.82. The number of thiophene rings is 1. The highest BCUT2D eigenvalue weighted by Crippen LogP contribution is 2.44. The second-order valence-electron chi connectivity index (χ2n) is 9.79. The minimum absolute atomic E-state index is 0.183. The van der Waals surface area contributed by atoms with Crippen molar-refractivity contribution in [2.75, 3.05) is 10.6 Å². The van der Waals surface area contributed by atoms with Crippen molar-refractivity contribution >= 4 is 45.4 Å². The lowest BCUT2D eigenvalue weighted by atomic mass is 9.72. The molecule has 0 spiro atoms. The van der Waals surface area contributed by atoms with Crippen LogP contribution in [0.25, 0.3) is 0 Å². The fraction of sp³-hybridized carbons (Fsp3) is 0.333. The Morgan fingerprint density at radius 2 is 1.64 bits per heavy atom. The molecule has 3 aromatic rings. The molecular formula is C27H29ClN2O2S. The molecule has 1 aliphatic carbocycles. The molecule has 0 aliphatic heterocycles. The number of amides is 2. The number of carbonyl (C=O) groups is 2. The topological polar surface area (TPSA) is 58.2 Å². The Balaban J connectivity index is 1.67. The molecular weight excluding hydrogens is 452 g/mol. The van der Waals surface area contributed by atoms with Gasteiger partial charge in [-0.1, -0.05) is 50.1 Å². The van der Waals surface area contributed by atoms with E-state index in [1.54, 1.807) is 24.3 Å². The van der Waals surface area contributed by atoms with Crippen molar-refractivity contribution in [1.82, 2.24) is 0 Å². The zero-order valence-electron chi connectivity index (χ0n) is 19.4. The summed E-state index contributed by atoms with van der Waals surface area (Å²) in [4.78, 5) is 27.6. The first-order valence-corrected chi connectivity index (χ1v) is 12.4. The maximum atomic E-state index is 13.4. The summed E-state index contributed by atoms with van der Waals surface area (Å²) in [5, 5.41) is 7.22. The Bertz CT molecular complexity index is 1170. The number of fused-ring (bicyclic) bond motifs is 1. The van der Waals surface area contributed by atoms with E-state index in [9.17, 15) is 9.59 Å². The van der Waals surface area contributed by atoms with E-state index in [0.717, 1.165) is 36.1 Å². The van der Waals surface area contributed by atoms with E-state index in [2.05, 4.69) is 31.4 Å². The van der Waals surface area contributed by atoms with Gasteiger partial charge >= 0.3 is 0 Å². The lowest BCUT2D eigenvalue weighted by Gasteiger charge is -2.33. The van der Waals surface area contributed by atoms with Gasteiger partial charge in [0.05, 0.1) is 5.56 Å². The van der Waals surface area contributed by atoms with Gasteiger partial charge in [-0.15, -0.1) is 11.3 Å².